The van der Waals surface area contributed by atoms with E-state index in [2.05, 4.69) is 4.98 Å². The van der Waals surface area contributed by atoms with Crippen LogP contribution < -0.4 is 14.2 Å². The molecule has 214 valence electrons. The van der Waals surface area contributed by atoms with Crippen LogP contribution in [-0.4, -0.2) is 61.5 Å². The topological polar surface area (TPSA) is 119 Å². The second kappa shape index (κ2) is 16.3. The Morgan fingerprint density at radius 2 is 1.74 bits per heavy atom. The summed E-state index contributed by atoms with van der Waals surface area (Å²) in [6, 6.07) is 10.9. The van der Waals surface area contributed by atoms with E-state index in [0.717, 1.165) is 6.42 Å². The Kier molecular flexibility index (Phi) is 13.2. The molecule has 0 bridgehead atoms. The van der Waals surface area contributed by atoms with Crippen molar-refractivity contribution in [3.05, 3.63) is 48.3 Å². The van der Waals surface area contributed by atoms with Crippen molar-refractivity contribution in [3.8, 4) is 17.2 Å². The number of aromatic nitrogens is 1. The number of methoxy groups -OCH3 is 1. The molecule has 0 aliphatic heterocycles. The minimum absolute atomic E-state index is 0.0251. The lowest BCUT2D eigenvalue weighted by Crippen LogP contribution is -2.44. The Morgan fingerprint density at radius 3 is 2.36 bits per heavy atom. The fourth-order valence-corrected chi connectivity index (χ4v) is 3.78. The predicted molar refractivity (Wildman–Crippen MR) is 143 cm³/mol. The van der Waals surface area contributed by atoms with Crippen LogP contribution in [0, 0.1) is 5.92 Å². The zero-order valence-electron chi connectivity index (χ0n) is 23.5. The summed E-state index contributed by atoms with van der Waals surface area (Å²) >= 11 is 0. The first kappa shape index (κ1) is 31.6. The van der Waals surface area contributed by atoms with Crippen LogP contribution in [-0.2, 0) is 23.8 Å². The van der Waals surface area contributed by atoms with Gasteiger partial charge < -0.3 is 28.4 Å². The van der Waals surface area contributed by atoms with Crippen molar-refractivity contribution in [2.75, 3.05) is 20.5 Å². The number of ether oxygens (including phenoxy) is 6. The van der Waals surface area contributed by atoms with Crippen LogP contribution in [0.5, 0.6) is 17.2 Å². The molecule has 39 heavy (non-hydrogen) atoms. The van der Waals surface area contributed by atoms with Crippen molar-refractivity contribution in [2.45, 2.75) is 72.2 Å². The van der Waals surface area contributed by atoms with Gasteiger partial charge in [0.05, 0.1) is 13.0 Å². The zero-order valence-corrected chi connectivity index (χ0v) is 23.5. The van der Waals surface area contributed by atoms with E-state index in [1.54, 1.807) is 13.8 Å². The SMILES string of the molecule is CCCO[C@@H]([C@H](C)OC(=O)[C@H](C)CC(=O)c1nccc(OC)c1OCOC(C)=O)[C@H](CC)Oc1ccccc1. The molecule has 1 heterocycles. The molecule has 10 nitrogen and oxygen atoms in total. The molecule has 0 aliphatic rings. The van der Waals surface area contributed by atoms with E-state index in [1.807, 2.05) is 44.2 Å². The van der Waals surface area contributed by atoms with Gasteiger partial charge in [0.15, 0.2) is 23.0 Å². The highest BCUT2D eigenvalue weighted by Gasteiger charge is 2.33. The summed E-state index contributed by atoms with van der Waals surface area (Å²) in [5.41, 5.74) is -0.0411. The van der Waals surface area contributed by atoms with E-state index in [4.69, 9.17) is 28.4 Å². The molecule has 0 saturated carbocycles. The highest BCUT2D eigenvalue weighted by Crippen LogP contribution is 2.31. The molecular formula is C29H39NO9. The molecule has 0 fully saturated rings. The second-order valence-electron chi connectivity index (χ2n) is 8.97. The number of rotatable bonds is 17. The molecule has 0 saturated heterocycles. The van der Waals surface area contributed by atoms with Gasteiger partial charge >= 0.3 is 11.9 Å². The van der Waals surface area contributed by atoms with Crippen molar-refractivity contribution in [1.29, 1.82) is 0 Å². The number of para-hydroxylation sites is 1. The molecule has 1 aromatic heterocycles. The molecule has 0 unspecified atom stereocenters. The van der Waals surface area contributed by atoms with Crippen LogP contribution in [0.2, 0.25) is 0 Å². The predicted octanol–water partition coefficient (Wildman–Crippen LogP) is 4.78. The third kappa shape index (κ3) is 9.86. The smallest absolute Gasteiger partial charge is 0.309 e. The maximum Gasteiger partial charge on any atom is 0.309 e. The minimum Gasteiger partial charge on any atom is -0.493 e. The lowest BCUT2D eigenvalue weighted by Gasteiger charge is -2.32. The number of carbonyl (C=O) groups is 3. The lowest BCUT2D eigenvalue weighted by molar-refractivity contribution is -0.166. The summed E-state index contributed by atoms with van der Waals surface area (Å²) in [6.45, 7) is 8.63. The molecule has 10 heteroatoms. The van der Waals surface area contributed by atoms with Crippen LogP contribution in [0.3, 0.4) is 0 Å². The van der Waals surface area contributed by atoms with Gasteiger partial charge in [-0.25, -0.2) is 4.98 Å². The summed E-state index contributed by atoms with van der Waals surface area (Å²) in [6.07, 6.45) is 1.14. The van der Waals surface area contributed by atoms with E-state index in [0.29, 0.717) is 18.8 Å². The molecule has 0 spiro atoms. The van der Waals surface area contributed by atoms with Gasteiger partial charge in [-0.05, 0) is 31.9 Å². The molecule has 0 N–H and O–H groups in total. The number of Topliss-reactive ketones (excluding diaryl/α,β-unsaturated/α-hetero) is 1. The van der Waals surface area contributed by atoms with Crippen molar-refractivity contribution in [1.82, 2.24) is 4.98 Å². The average molecular weight is 546 g/mol. The summed E-state index contributed by atoms with van der Waals surface area (Å²) in [7, 11) is 1.41. The third-order valence-corrected chi connectivity index (χ3v) is 5.79. The highest BCUT2D eigenvalue weighted by molar-refractivity contribution is 5.99. The number of esters is 2. The Bertz CT molecular complexity index is 1060. The number of hydrogen-bond acceptors (Lipinski definition) is 10. The molecule has 0 radical (unpaired) electrons. The van der Waals surface area contributed by atoms with E-state index in [1.165, 1.54) is 26.3 Å². The fraction of sp³-hybridized carbons (Fsp3) is 0.517. The summed E-state index contributed by atoms with van der Waals surface area (Å²) in [5, 5.41) is 0. The first-order valence-corrected chi connectivity index (χ1v) is 13.1. The number of carbonyl (C=O) groups excluding carboxylic acids is 3. The number of nitrogens with zero attached hydrogens (tertiary/aromatic N) is 1. The summed E-state index contributed by atoms with van der Waals surface area (Å²) in [4.78, 5) is 41.3. The van der Waals surface area contributed by atoms with Gasteiger partial charge in [0.2, 0.25) is 6.79 Å². The maximum atomic E-state index is 13.1. The molecule has 4 atom stereocenters. The van der Waals surface area contributed by atoms with Gasteiger partial charge in [-0.1, -0.05) is 39.0 Å². The van der Waals surface area contributed by atoms with Crippen LogP contribution in [0.25, 0.3) is 0 Å². The zero-order chi connectivity index (χ0) is 28.8. The van der Waals surface area contributed by atoms with Gasteiger partial charge in [-0.15, -0.1) is 0 Å². The second-order valence-corrected chi connectivity index (χ2v) is 8.97. The minimum atomic E-state index is -0.781. The Labute approximate surface area is 229 Å². The van der Waals surface area contributed by atoms with Crippen LogP contribution in [0.1, 0.15) is 64.4 Å². The standard InChI is InChI=1S/C29H39NO9/c1-7-16-35-27(24(8-2)39-22-12-10-9-11-13-22)20(4)38-29(33)19(3)17-23(32)26-28(37-18-36-21(5)31)25(34-6)14-15-30-26/h9-15,19-20,24,27H,7-8,16-18H2,1-6H3/t19-,20+,24+,27+/m1/s1. The van der Waals surface area contributed by atoms with Gasteiger partial charge in [-0.2, -0.15) is 0 Å². The Morgan fingerprint density at radius 1 is 1.03 bits per heavy atom. The van der Waals surface area contributed by atoms with Gasteiger partial charge in [0, 0.05) is 32.2 Å². The largest absolute Gasteiger partial charge is 0.493 e. The van der Waals surface area contributed by atoms with Crippen LogP contribution in [0.15, 0.2) is 42.6 Å². The highest BCUT2D eigenvalue weighted by atomic mass is 16.7. The molecule has 0 aliphatic carbocycles. The monoisotopic (exact) mass is 545 g/mol. The Balaban J connectivity index is 2.10. The lowest BCUT2D eigenvalue weighted by atomic mass is 10.0. The molecular weight excluding hydrogens is 506 g/mol. The number of ketones is 1. The molecule has 0 amide bonds. The molecule has 1 aromatic carbocycles. The number of pyridine rings is 1. The van der Waals surface area contributed by atoms with Gasteiger partial charge in [-0.3, -0.25) is 14.4 Å². The van der Waals surface area contributed by atoms with Crippen molar-refractivity contribution in [3.63, 3.8) is 0 Å². The average Bonchev–Trinajstić information content (AvgIpc) is 2.92. The van der Waals surface area contributed by atoms with Crippen molar-refractivity contribution >= 4 is 17.7 Å². The van der Waals surface area contributed by atoms with E-state index >= 15 is 0 Å². The van der Waals surface area contributed by atoms with Crippen molar-refractivity contribution in [2.24, 2.45) is 5.92 Å². The first-order chi connectivity index (χ1) is 18.7. The molecule has 2 rings (SSSR count). The van der Waals surface area contributed by atoms with Crippen LogP contribution in [0.4, 0.5) is 0 Å². The van der Waals surface area contributed by atoms with Crippen molar-refractivity contribution < 1.29 is 42.8 Å². The summed E-state index contributed by atoms with van der Waals surface area (Å²) in [5.74, 6) is -1.37. The quantitative estimate of drug-likeness (QED) is 0.156. The third-order valence-electron chi connectivity index (χ3n) is 5.79. The normalized spacial score (nSPS) is 13.9. The Hall–Kier alpha value is -3.66. The van der Waals surface area contributed by atoms with Gasteiger partial charge in [0.1, 0.15) is 24.1 Å². The van der Waals surface area contributed by atoms with Crippen LogP contribution >= 0.6 is 0 Å². The van der Waals surface area contributed by atoms with E-state index < -0.39 is 42.6 Å². The molecule has 2 aromatic rings. The van der Waals surface area contributed by atoms with E-state index in [-0.39, 0.29) is 29.7 Å². The first-order valence-electron chi connectivity index (χ1n) is 13.1. The number of benzene rings is 1. The number of hydrogen-bond donors (Lipinski definition) is 0. The van der Waals surface area contributed by atoms with Gasteiger partial charge in [0.25, 0.3) is 0 Å². The maximum absolute atomic E-state index is 13.1. The van der Waals surface area contributed by atoms with E-state index in [9.17, 15) is 14.4 Å². The fourth-order valence-electron chi connectivity index (χ4n) is 3.78. The summed E-state index contributed by atoms with van der Waals surface area (Å²) < 4.78 is 33.5.